The molecule has 0 saturated carbocycles. The summed E-state index contributed by atoms with van der Waals surface area (Å²) in [5.41, 5.74) is 4.40. The molecule has 1 aromatic heterocycles. The van der Waals surface area contributed by atoms with Crippen LogP contribution in [-0.2, 0) is 0 Å². The van der Waals surface area contributed by atoms with E-state index in [-0.39, 0.29) is 11.5 Å². The number of nitrogens with zero attached hydrogens (tertiary/aromatic N) is 2. The van der Waals surface area contributed by atoms with Crippen LogP contribution in [0.4, 0.5) is 5.69 Å². The van der Waals surface area contributed by atoms with Crippen molar-refractivity contribution in [3.8, 4) is 6.07 Å². The van der Waals surface area contributed by atoms with Crippen LogP contribution in [0, 0.1) is 11.3 Å². The molecule has 0 amide bonds. The molecule has 7 heteroatoms. The van der Waals surface area contributed by atoms with Crippen molar-refractivity contribution in [1.82, 2.24) is 9.97 Å². The summed E-state index contributed by atoms with van der Waals surface area (Å²) < 4.78 is 1.18. The van der Waals surface area contributed by atoms with Crippen LogP contribution in [0.2, 0.25) is 0 Å². The van der Waals surface area contributed by atoms with Gasteiger partial charge < -0.3 is 15.4 Å². The number of nitriles is 1. The highest BCUT2D eigenvalue weighted by molar-refractivity contribution is 9.10. The lowest BCUT2D eigenvalue weighted by atomic mass is 9.92. The van der Waals surface area contributed by atoms with Crippen molar-refractivity contribution in [3.05, 3.63) is 52.0 Å². The Hall–Kier alpha value is -2.59. The number of hydrogen-bond acceptors (Lipinski definition) is 4. The quantitative estimate of drug-likeness (QED) is 0.242. The van der Waals surface area contributed by atoms with E-state index in [0.29, 0.717) is 0 Å². The molecule has 1 aliphatic carbocycles. The molecular formula is C27H37BrN4O2. The first-order valence-corrected chi connectivity index (χ1v) is 13.3. The van der Waals surface area contributed by atoms with Crippen LogP contribution in [0.3, 0.4) is 0 Å². The number of benzene rings is 1. The van der Waals surface area contributed by atoms with Gasteiger partial charge in [0.25, 0.3) is 0 Å². The number of allylic oxidation sites excluding steroid dienone is 2. The smallest absolute Gasteiger partial charge is 0.371 e. The summed E-state index contributed by atoms with van der Waals surface area (Å²) in [5.74, 6) is -1.38. The van der Waals surface area contributed by atoms with Gasteiger partial charge in [0.05, 0.1) is 6.20 Å². The van der Waals surface area contributed by atoms with Crippen molar-refractivity contribution in [2.45, 2.75) is 84.0 Å². The number of aromatic nitrogens is 2. The summed E-state index contributed by atoms with van der Waals surface area (Å²) in [7, 11) is 0. The number of unbranched alkanes of at least 4 members (excludes halogenated alkanes) is 7. The highest BCUT2D eigenvalue weighted by Crippen LogP contribution is 2.33. The first kappa shape index (κ1) is 27.7. The third kappa shape index (κ3) is 10.1. The van der Waals surface area contributed by atoms with Crippen molar-refractivity contribution in [2.24, 2.45) is 0 Å². The summed E-state index contributed by atoms with van der Waals surface area (Å²) in [5, 5.41) is 20.2. The number of aromatic amines is 1. The standard InChI is InChI=1S/C22H34BrN.C5H3N3O2/c1-2-3-4-5-6-7-8-12-17-24-22-16-15-20(23)18-21(22)19-13-10-9-11-14-19;6-1-3-2-7-4(8-3)5(9)10/h13,15-16,18,24H,2-12,14,17H2,1H3;2H,(H,7,8)(H,9,10). The highest BCUT2D eigenvalue weighted by atomic mass is 79.9. The minimum atomic E-state index is -1.17. The van der Waals surface area contributed by atoms with Gasteiger partial charge in [0, 0.05) is 22.3 Å². The molecule has 1 aliphatic rings. The van der Waals surface area contributed by atoms with Gasteiger partial charge in [-0.25, -0.2) is 9.78 Å². The average Bonchev–Trinajstić information content (AvgIpc) is 3.35. The molecule has 184 valence electrons. The monoisotopic (exact) mass is 528 g/mol. The summed E-state index contributed by atoms with van der Waals surface area (Å²) in [6.07, 6.45) is 19.8. The van der Waals surface area contributed by atoms with Gasteiger partial charge in [0.2, 0.25) is 5.82 Å². The lowest BCUT2D eigenvalue weighted by Gasteiger charge is -2.18. The van der Waals surface area contributed by atoms with Crippen molar-refractivity contribution in [3.63, 3.8) is 0 Å². The lowest BCUT2D eigenvalue weighted by Crippen LogP contribution is -2.05. The van der Waals surface area contributed by atoms with Gasteiger partial charge in [-0.1, -0.05) is 73.9 Å². The topological polar surface area (TPSA) is 102 Å². The number of nitrogens with one attached hydrogen (secondary N) is 2. The summed E-state index contributed by atoms with van der Waals surface area (Å²) in [6.45, 7) is 3.38. The zero-order chi connectivity index (χ0) is 24.6. The number of hydrogen-bond donors (Lipinski definition) is 3. The fourth-order valence-corrected chi connectivity index (χ4v) is 4.35. The number of aromatic carboxylic acids is 1. The van der Waals surface area contributed by atoms with Crippen LogP contribution in [0.5, 0.6) is 0 Å². The third-order valence-corrected chi connectivity index (χ3v) is 6.36. The summed E-state index contributed by atoms with van der Waals surface area (Å²) in [4.78, 5) is 15.8. The van der Waals surface area contributed by atoms with E-state index in [1.54, 1.807) is 6.07 Å². The molecule has 0 aliphatic heterocycles. The van der Waals surface area contributed by atoms with E-state index in [2.05, 4.69) is 62.4 Å². The predicted octanol–water partition coefficient (Wildman–Crippen LogP) is 7.94. The molecule has 0 bridgehead atoms. The molecular weight excluding hydrogens is 492 g/mol. The third-order valence-electron chi connectivity index (χ3n) is 5.86. The fraction of sp³-hybridized carbons (Fsp3) is 0.519. The number of carbonyl (C=O) groups is 1. The van der Waals surface area contributed by atoms with E-state index in [9.17, 15) is 4.79 Å². The number of imidazole rings is 1. The van der Waals surface area contributed by atoms with Gasteiger partial charge in [-0.2, -0.15) is 5.26 Å². The second-order valence-electron chi connectivity index (χ2n) is 8.63. The molecule has 1 heterocycles. The van der Waals surface area contributed by atoms with Gasteiger partial charge in [-0.3, -0.25) is 0 Å². The summed E-state index contributed by atoms with van der Waals surface area (Å²) in [6, 6.07) is 8.40. The number of anilines is 1. The molecule has 2 aromatic rings. The van der Waals surface area contributed by atoms with Gasteiger partial charge >= 0.3 is 5.97 Å². The van der Waals surface area contributed by atoms with Crippen LogP contribution in [0.1, 0.15) is 106 Å². The Morgan fingerprint density at radius 1 is 1.18 bits per heavy atom. The predicted molar refractivity (Wildman–Crippen MR) is 142 cm³/mol. The number of halogens is 1. The normalized spacial score (nSPS) is 12.8. The first-order valence-electron chi connectivity index (χ1n) is 12.5. The molecule has 0 radical (unpaired) electrons. The SMILES string of the molecule is CCCCCCCCCCNc1ccc(Br)cc1C1=CCCCC1.N#Cc1cnc(C(=O)O)[nH]1. The Bertz CT molecular complexity index is 962. The molecule has 0 saturated heterocycles. The van der Waals surface area contributed by atoms with Crippen molar-refractivity contribution in [2.75, 3.05) is 11.9 Å². The highest BCUT2D eigenvalue weighted by Gasteiger charge is 2.11. The molecule has 3 N–H and O–H groups in total. The lowest BCUT2D eigenvalue weighted by molar-refractivity contribution is 0.0684. The van der Waals surface area contributed by atoms with Crippen molar-refractivity contribution >= 4 is 33.2 Å². The van der Waals surface area contributed by atoms with E-state index >= 15 is 0 Å². The van der Waals surface area contributed by atoms with Crippen LogP contribution in [0.25, 0.3) is 5.57 Å². The number of H-pyrrole nitrogens is 1. The van der Waals surface area contributed by atoms with Crippen molar-refractivity contribution < 1.29 is 9.90 Å². The molecule has 0 unspecified atom stereocenters. The van der Waals surface area contributed by atoms with E-state index in [1.165, 1.54) is 105 Å². The minimum absolute atomic E-state index is 0.150. The molecule has 1 aromatic carbocycles. The molecule has 6 nitrogen and oxygen atoms in total. The Morgan fingerprint density at radius 3 is 2.50 bits per heavy atom. The second-order valence-corrected chi connectivity index (χ2v) is 9.54. The largest absolute Gasteiger partial charge is 0.475 e. The van der Waals surface area contributed by atoms with Gasteiger partial charge in [0.1, 0.15) is 11.8 Å². The number of carboxylic acid groups (broad SMARTS) is 1. The maximum Gasteiger partial charge on any atom is 0.371 e. The van der Waals surface area contributed by atoms with Gasteiger partial charge in [-0.05, 0) is 55.9 Å². The Kier molecular flexibility index (Phi) is 13.1. The average molecular weight is 530 g/mol. The molecule has 3 rings (SSSR count). The second kappa shape index (κ2) is 16.1. The zero-order valence-corrected chi connectivity index (χ0v) is 21.8. The molecule has 0 fully saturated rings. The van der Waals surface area contributed by atoms with Crippen LogP contribution < -0.4 is 5.32 Å². The van der Waals surface area contributed by atoms with E-state index < -0.39 is 5.97 Å². The number of carboxylic acids is 1. The maximum atomic E-state index is 10.1. The Labute approximate surface area is 212 Å². The van der Waals surface area contributed by atoms with E-state index in [4.69, 9.17) is 10.4 Å². The van der Waals surface area contributed by atoms with Crippen LogP contribution in [0.15, 0.2) is 34.9 Å². The van der Waals surface area contributed by atoms with E-state index in [1.807, 2.05) is 0 Å². The zero-order valence-electron chi connectivity index (χ0n) is 20.2. The van der Waals surface area contributed by atoms with Gasteiger partial charge in [0.15, 0.2) is 0 Å². The van der Waals surface area contributed by atoms with Crippen molar-refractivity contribution in [1.29, 1.82) is 5.26 Å². The maximum absolute atomic E-state index is 10.1. The molecule has 34 heavy (non-hydrogen) atoms. The Balaban J connectivity index is 0.000000340. The van der Waals surface area contributed by atoms with Crippen LogP contribution >= 0.6 is 15.9 Å². The van der Waals surface area contributed by atoms with Gasteiger partial charge in [-0.15, -0.1) is 0 Å². The fourth-order valence-electron chi connectivity index (χ4n) is 3.99. The molecule has 0 atom stereocenters. The Morgan fingerprint density at radius 2 is 1.91 bits per heavy atom. The molecule has 0 spiro atoms. The number of rotatable bonds is 12. The first-order chi connectivity index (χ1) is 16.5. The minimum Gasteiger partial charge on any atom is -0.475 e. The van der Waals surface area contributed by atoms with E-state index in [0.717, 1.165) is 6.54 Å². The van der Waals surface area contributed by atoms with Crippen LogP contribution in [-0.4, -0.2) is 27.6 Å². The summed E-state index contributed by atoms with van der Waals surface area (Å²) >= 11 is 3.64.